The molecule has 0 spiro atoms. The number of H-pyrrole nitrogens is 1. The molecule has 0 amide bonds. The summed E-state index contributed by atoms with van der Waals surface area (Å²) >= 11 is 0. The summed E-state index contributed by atoms with van der Waals surface area (Å²) in [5.74, 6) is -0.547. The van der Waals surface area contributed by atoms with Gasteiger partial charge in [0.15, 0.2) is 11.6 Å². The van der Waals surface area contributed by atoms with Gasteiger partial charge in [-0.05, 0) is 42.3 Å². The molecule has 2 aromatic carbocycles. The van der Waals surface area contributed by atoms with Crippen LogP contribution < -0.4 is 5.56 Å². The third-order valence-electron chi connectivity index (χ3n) is 3.10. The van der Waals surface area contributed by atoms with E-state index in [9.17, 15) is 14.3 Å². The molecule has 20 heavy (non-hydrogen) atoms. The standard InChI is InChI=1S/C15H11FN2O2/c1-8-17-13-4-2-9(6-11(13)15(20)18-8)10-3-5-14(19)12(16)7-10/h2-7,19H,1H3,(H,17,18,20). The second-order valence-electron chi connectivity index (χ2n) is 4.55. The fourth-order valence-corrected chi connectivity index (χ4v) is 2.12. The van der Waals surface area contributed by atoms with E-state index in [1.807, 2.05) is 0 Å². The maximum absolute atomic E-state index is 13.4. The molecule has 1 heterocycles. The zero-order valence-corrected chi connectivity index (χ0v) is 10.6. The Labute approximate surface area is 113 Å². The zero-order valence-electron chi connectivity index (χ0n) is 10.6. The highest BCUT2D eigenvalue weighted by Crippen LogP contribution is 2.26. The molecule has 0 atom stereocenters. The lowest BCUT2D eigenvalue weighted by atomic mass is 10.0. The highest BCUT2D eigenvalue weighted by Gasteiger charge is 2.07. The number of hydrogen-bond donors (Lipinski definition) is 2. The first kappa shape index (κ1) is 12.3. The van der Waals surface area contributed by atoms with E-state index in [0.717, 1.165) is 0 Å². The fraction of sp³-hybridized carbons (Fsp3) is 0.0667. The van der Waals surface area contributed by atoms with E-state index in [4.69, 9.17) is 0 Å². The van der Waals surface area contributed by atoms with E-state index >= 15 is 0 Å². The average molecular weight is 270 g/mol. The van der Waals surface area contributed by atoms with Crippen molar-refractivity contribution in [2.75, 3.05) is 0 Å². The Hall–Kier alpha value is -2.69. The molecule has 3 rings (SSSR count). The Bertz CT molecular complexity index is 871. The molecular weight excluding hydrogens is 259 g/mol. The molecule has 0 aliphatic rings. The molecule has 0 saturated carbocycles. The third-order valence-corrected chi connectivity index (χ3v) is 3.10. The normalized spacial score (nSPS) is 10.9. The Morgan fingerprint density at radius 2 is 1.85 bits per heavy atom. The second kappa shape index (κ2) is 4.45. The van der Waals surface area contributed by atoms with Gasteiger partial charge in [0.25, 0.3) is 5.56 Å². The van der Waals surface area contributed by atoms with Crippen LogP contribution >= 0.6 is 0 Å². The maximum Gasteiger partial charge on any atom is 0.258 e. The van der Waals surface area contributed by atoms with Crippen LogP contribution in [0, 0.1) is 12.7 Å². The monoisotopic (exact) mass is 270 g/mol. The number of halogens is 1. The third kappa shape index (κ3) is 2.03. The van der Waals surface area contributed by atoms with E-state index in [2.05, 4.69) is 9.97 Å². The van der Waals surface area contributed by atoms with Gasteiger partial charge in [-0.3, -0.25) is 4.79 Å². The first-order valence-corrected chi connectivity index (χ1v) is 6.04. The lowest BCUT2D eigenvalue weighted by molar-refractivity contribution is 0.432. The predicted molar refractivity (Wildman–Crippen MR) is 74.2 cm³/mol. The second-order valence-corrected chi connectivity index (χ2v) is 4.55. The number of nitrogens with zero attached hydrogens (tertiary/aromatic N) is 1. The lowest BCUT2D eigenvalue weighted by Crippen LogP contribution is -2.09. The highest BCUT2D eigenvalue weighted by molar-refractivity contribution is 5.83. The molecule has 0 saturated heterocycles. The molecule has 0 unspecified atom stereocenters. The minimum Gasteiger partial charge on any atom is -0.505 e. The van der Waals surface area contributed by atoms with Crippen molar-refractivity contribution in [3.8, 4) is 16.9 Å². The van der Waals surface area contributed by atoms with Gasteiger partial charge in [-0.2, -0.15) is 0 Å². The van der Waals surface area contributed by atoms with Crippen molar-refractivity contribution in [2.24, 2.45) is 0 Å². The van der Waals surface area contributed by atoms with Gasteiger partial charge in [-0.15, -0.1) is 0 Å². The number of nitrogens with one attached hydrogen (secondary N) is 1. The summed E-state index contributed by atoms with van der Waals surface area (Å²) in [6, 6.07) is 9.25. The molecule has 0 aliphatic carbocycles. The number of phenolic OH excluding ortho intramolecular Hbond substituents is 1. The molecule has 0 radical (unpaired) electrons. The first-order valence-electron chi connectivity index (χ1n) is 6.04. The molecule has 0 fully saturated rings. The van der Waals surface area contributed by atoms with Crippen LogP contribution in [0.25, 0.3) is 22.0 Å². The summed E-state index contributed by atoms with van der Waals surface area (Å²) in [7, 11) is 0. The van der Waals surface area contributed by atoms with Crippen molar-refractivity contribution < 1.29 is 9.50 Å². The van der Waals surface area contributed by atoms with Crippen molar-refractivity contribution in [1.82, 2.24) is 9.97 Å². The molecular formula is C15H11FN2O2. The van der Waals surface area contributed by atoms with Crippen LogP contribution in [0.1, 0.15) is 5.82 Å². The predicted octanol–water partition coefficient (Wildman–Crippen LogP) is 2.74. The Kier molecular flexibility index (Phi) is 2.75. The number of benzene rings is 2. The van der Waals surface area contributed by atoms with Gasteiger partial charge < -0.3 is 10.1 Å². The number of fused-ring (bicyclic) bond motifs is 1. The van der Waals surface area contributed by atoms with Crippen LogP contribution in [0.4, 0.5) is 4.39 Å². The van der Waals surface area contributed by atoms with Crippen molar-refractivity contribution in [2.45, 2.75) is 6.92 Å². The molecule has 1 aromatic heterocycles. The van der Waals surface area contributed by atoms with Crippen LogP contribution in [0.2, 0.25) is 0 Å². The van der Waals surface area contributed by atoms with Crippen LogP contribution in [-0.2, 0) is 0 Å². The number of aromatic hydroxyl groups is 1. The summed E-state index contributed by atoms with van der Waals surface area (Å²) < 4.78 is 13.4. The number of hydrogen-bond acceptors (Lipinski definition) is 3. The van der Waals surface area contributed by atoms with Gasteiger partial charge in [-0.25, -0.2) is 9.37 Å². The van der Waals surface area contributed by atoms with Gasteiger partial charge >= 0.3 is 0 Å². The molecule has 0 aliphatic heterocycles. The van der Waals surface area contributed by atoms with Gasteiger partial charge in [0.2, 0.25) is 0 Å². The number of aromatic nitrogens is 2. The minimum atomic E-state index is -0.696. The Balaban J connectivity index is 2.22. The fourth-order valence-electron chi connectivity index (χ4n) is 2.12. The molecule has 4 nitrogen and oxygen atoms in total. The molecule has 100 valence electrons. The maximum atomic E-state index is 13.4. The largest absolute Gasteiger partial charge is 0.505 e. The van der Waals surface area contributed by atoms with Crippen molar-refractivity contribution in [3.05, 3.63) is 58.4 Å². The smallest absolute Gasteiger partial charge is 0.258 e. The summed E-state index contributed by atoms with van der Waals surface area (Å²) in [6.07, 6.45) is 0. The van der Waals surface area contributed by atoms with Crippen LogP contribution in [-0.4, -0.2) is 15.1 Å². The number of rotatable bonds is 1. The molecule has 0 bridgehead atoms. The minimum absolute atomic E-state index is 0.228. The topological polar surface area (TPSA) is 66.0 Å². The van der Waals surface area contributed by atoms with E-state index < -0.39 is 11.6 Å². The van der Waals surface area contributed by atoms with Crippen LogP contribution in [0.3, 0.4) is 0 Å². The summed E-state index contributed by atoms with van der Waals surface area (Å²) in [4.78, 5) is 18.8. The van der Waals surface area contributed by atoms with Crippen molar-refractivity contribution in [3.63, 3.8) is 0 Å². The first-order chi connectivity index (χ1) is 9.54. The molecule has 5 heteroatoms. The number of aromatic amines is 1. The van der Waals surface area contributed by atoms with E-state index in [1.54, 1.807) is 31.2 Å². The SMILES string of the molecule is Cc1nc2ccc(-c3ccc(O)c(F)c3)cc2c(=O)[nH]1. The highest BCUT2D eigenvalue weighted by atomic mass is 19.1. The molecule has 3 aromatic rings. The van der Waals surface area contributed by atoms with Gasteiger partial charge in [0.1, 0.15) is 5.82 Å². The van der Waals surface area contributed by atoms with E-state index in [-0.39, 0.29) is 5.56 Å². The zero-order chi connectivity index (χ0) is 14.3. The number of aryl methyl sites for hydroxylation is 1. The summed E-state index contributed by atoms with van der Waals surface area (Å²) in [5, 5.41) is 9.64. The Morgan fingerprint density at radius 3 is 2.60 bits per heavy atom. The lowest BCUT2D eigenvalue weighted by Gasteiger charge is -2.05. The van der Waals surface area contributed by atoms with Gasteiger partial charge in [0.05, 0.1) is 10.9 Å². The summed E-state index contributed by atoms with van der Waals surface area (Å²) in [6.45, 7) is 1.71. The average Bonchev–Trinajstić information content (AvgIpc) is 2.41. The quantitative estimate of drug-likeness (QED) is 0.714. The van der Waals surface area contributed by atoms with E-state index in [1.165, 1.54) is 12.1 Å². The Morgan fingerprint density at radius 1 is 1.15 bits per heavy atom. The van der Waals surface area contributed by atoms with Crippen LogP contribution in [0.15, 0.2) is 41.2 Å². The van der Waals surface area contributed by atoms with Gasteiger partial charge in [-0.1, -0.05) is 12.1 Å². The van der Waals surface area contributed by atoms with Crippen LogP contribution in [0.5, 0.6) is 5.75 Å². The number of phenols is 1. The molecule has 2 N–H and O–H groups in total. The van der Waals surface area contributed by atoms with Crippen molar-refractivity contribution in [1.29, 1.82) is 0 Å². The van der Waals surface area contributed by atoms with Gasteiger partial charge in [0, 0.05) is 0 Å². The van der Waals surface area contributed by atoms with E-state index in [0.29, 0.717) is 27.9 Å². The summed E-state index contributed by atoms with van der Waals surface area (Å²) in [5.41, 5.74) is 1.64. The van der Waals surface area contributed by atoms with Crippen molar-refractivity contribution >= 4 is 10.9 Å².